The minimum absolute atomic E-state index is 0.0879. The monoisotopic (exact) mass is 274 g/mol. The number of alkyl halides is 1. The Bertz CT molecular complexity index is 546. The van der Waals surface area contributed by atoms with E-state index in [4.69, 9.17) is 20.8 Å². The van der Waals surface area contributed by atoms with Gasteiger partial charge in [0.25, 0.3) is 5.89 Å². The van der Waals surface area contributed by atoms with Crippen LogP contribution in [-0.4, -0.2) is 10.2 Å². The van der Waals surface area contributed by atoms with Gasteiger partial charge in [0.15, 0.2) is 18.2 Å². The minimum atomic E-state index is -0.791. The molecule has 2 rings (SSSR count). The highest BCUT2D eigenvalue weighted by Crippen LogP contribution is 2.20. The molecule has 2 aromatic rings. The second kappa shape index (κ2) is 5.30. The van der Waals surface area contributed by atoms with Gasteiger partial charge in [0.2, 0.25) is 5.89 Å². The molecular formula is C11H9ClF2N2O2. The van der Waals surface area contributed by atoms with E-state index in [1.807, 2.05) is 0 Å². The van der Waals surface area contributed by atoms with Gasteiger partial charge in [-0.1, -0.05) is 0 Å². The van der Waals surface area contributed by atoms with Gasteiger partial charge >= 0.3 is 0 Å². The molecule has 0 N–H and O–H groups in total. The lowest BCUT2D eigenvalue weighted by molar-refractivity contribution is 0.248. The summed E-state index contributed by atoms with van der Waals surface area (Å²) in [5.41, 5.74) is 0. The topological polar surface area (TPSA) is 48.2 Å². The maximum atomic E-state index is 13.2. The molecule has 0 spiro atoms. The van der Waals surface area contributed by atoms with E-state index in [1.165, 1.54) is 6.07 Å². The van der Waals surface area contributed by atoms with Gasteiger partial charge in [-0.05, 0) is 19.1 Å². The molecule has 0 aliphatic rings. The van der Waals surface area contributed by atoms with Crippen molar-refractivity contribution in [2.75, 3.05) is 0 Å². The number of benzene rings is 1. The highest BCUT2D eigenvalue weighted by molar-refractivity contribution is 6.20. The fourth-order valence-corrected chi connectivity index (χ4v) is 1.31. The van der Waals surface area contributed by atoms with Gasteiger partial charge in [0, 0.05) is 6.07 Å². The van der Waals surface area contributed by atoms with Gasteiger partial charge in [-0.3, -0.25) is 0 Å². The quantitative estimate of drug-likeness (QED) is 0.803. The number of halogens is 3. The Balaban J connectivity index is 2.02. The van der Waals surface area contributed by atoms with Gasteiger partial charge in [-0.15, -0.1) is 21.8 Å². The Morgan fingerprint density at radius 1 is 1.39 bits per heavy atom. The van der Waals surface area contributed by atoms with Gasteiger partial charge in [0.1, 0.15) is 11.2 Å². The molecule has 96 valence electrons. The maximum absolute atomic E-state index is 13.2. The first-order valence-electron chi connectivity index (χ1n) is 5.10. The summed E-state index contributed by atoms with van der Waals surface area (Å²) < 4.78 is 36.1. The highest BCUT2D eigenvalue weighted by Gasteiger charge is 2.12. The van der Waals surface area contributed by atoms with E-state index in [1.54, 1.807) is 6.92 Å². The molecule has 0 aliphatic carbocycles. The zero-order chi connectivity index (χ0) is 13.1. The number of ether oxygens (including phenoxy) is 1. The first kappa shape index (κ1) is 12.8. The van der Waals surface area contributed by atoms with Gasteiger partial charge in [-0.25, -0.2) is 8.78 Å². The lowest BCUT2D eigenvalue weighted by atomic mass is 10.3. The molecule has 18 heavy (non-hydrogen) atoms. The molecule has 1 heterocycles. The first-order valence-corrected chi connectivity index (χ1v) is 5.54. The molecule has 0 amide bonds. The zero-order valence-corrected chi connectivity index (χ0v) is 10.1. The van der Waals surface area contributed by atoms with E-state index in [9.17, 15) is 8.78 Å². The molecule has 0 saturated heterocycles. The van der Waals surface area contributed by atoms with E-state index < -0.39 is 17.0 Å². The average molecular weight is 275 g/mol. The van der Waals surface area contributed by atoms with Crippen LogP contribution >= 0.6 is 11.6 Å². The van der Waals surface area contributed by atoms with Crippen molar-refractivity contribution in [3.63, 3.8) is 0 Å². The first-order chi connectivity index (χ1) is 8.56. The molecule has 1 unspecified atom stereocenters. The van der Waals surface area contributed by atoms with Crippen molar-refractivity contribution in [1.82, 2.24) is 10.2 Å². The third kappa shape index (κ3) is 2.95. The van der Waals surface area contributed by atoms with Crippen molar-refractivity contribution in [3.8, 4) is 5.75 Å². The number of rotatable bonds is 4. The molecular weight excluding hydrogens is 266 g/mol. The minimum Gasteiger partial charge on any atom is -0.481 e. The molecule has 7 heteroatoms. The van der Waals surface area contributed by atoms with Crippen LogP contribution < -0.4 is 4.74 Å². The Labute approximate surface area is 107 Å². The predicted octanol–water partition coefficient (Wildman–Crippen LogP) is 3.23. The Kier molecular flexibility index (Phi) is 3.76. The van der Waals surface area contributed by atoms with Crippen molar-refractivity contribution < 1.29 is 17.9 Å². The lowest BCUT2D eigenvalue weighted by Crippen LogP contribution is -1.98. The van der Waals surface area contributed by atoms with Crippen LogP contribution in [-0.2, 0) is 6.61 Å². The molecule has 0 fully saturated rings. The van der Waals surface area contributed by atoms with E-state index in [-0.39, 0.29) is 24.1 Å². The van der Waals surface area contributed by atoms with Gasteiger partial charge in [-0.2, -0.15) is 0 Å². The Hall–Kier alpha value is -1.69. The summed E-state index contributed by atoms with van der Waals surface area (Å²) >= 11 is 5.74. The molecule has 1 atom stereocenters. The van der Waals surface area contributed by atoms with E-state index in [0.717, 1.165) is 12.1 Å². The standard InChI is InChI=1S/C11H9ClF2N2O2/c1-6(12)11-16-15-10(18-11)5-17-9-3-2-7(13)4-8(9)14/h2-4,6H,5H2,1H3. The van der Waals surface area contributed by atoms with Crippen LogP contribution in [0.4, 0.5) is 8.78 Å². The van der Waals surface area contributed by atoms with Crippen LogP contribution in [0.15, 0.2) is 22.6 Å². The van der Waals surface area contributed by atoms with Crippen LogP contribution in [0.25, 0.3) is 0 Å². The summed E-state index contributed by atoms with van der Waals surface area (Å²) in [6, 6.07) is 3.01. The van der Waals surface area contributed by atoms with Gasteiger partial charge < -0.3 is 9.15 Å². The number of hydrogen-bond donors (Lipinski definition) is 0. The summed E-state index contributed by atoms with van der Waals surface area (Å²) in [6.45, 7) is 1.57. The molecule has 0 aliphatic heterocycles. The molecule has 1 aromatic carbocycles. The van der Waals surface area contributed by atoms with Crippen molar-refractivity contribution >= 4 is 11.6 Å². The van der Waals surface area contributed by atoms with E-state index in [2.05, 4.69) is 10.2 Å². The van der Waals surface area contributed by atoms with Crippen molar-refractivity contribution in [2.24, 2.45) is 0 Å². The summed E-state index contributed by atoms with van der Waals surface area (Å²) in [7, 11) is 0. The SMILES string of the molecule is CC(Cl)c1nnc(COc2ccc(F)cc2F)o1. The second-order valence-corrected chi connectivity index (χ2v) is 4.17. The normalized spacial score (nSPS) is 12.4. The zero-order valence-electron chi connectivity index (χ0n) is 9.36. The highest BCUT2D eigenvalue weighted by atomic mass is 35.5. The summed E-state index contributed by atoms with van der Waals surface area (Å²) in [5, 5.41) is 6.95. The number of aromatic nitrogens is 2. The lowest BCUT2D eigenvalue weighted by Gasteiger charge is -2.04. The predicted molar refractivity (Wildman–Crippen MR) is 59.3 cm³/mol. The molecule has 1 aromatic heterocycles. The van der Waals surface area contributed by atoms with Crippen molar-refractivity contribution in [2.45, 2.75) is 18.9 Å². The second-order valence-electron chi connectivity index (χ2n) is 3.51. The van der Waals surface area contributed by atoms with Crippen LogP contribution in [0, 0.1) is 11.6 Å². The number of nitrogens with zero attached hydrogens (tertiary/aromatic N) is 2. The molecule has 0 saturated carbocycles. The van der Waals surface area contributed by atoms with E-state index >= 15 is 0 Å². The third-order valence-corrected chi connectivity index (χ3v) is 2.25. The van der Waals surface area contributed by atoms with Crippen LogP contribution in [0.5, 0.6) is 5.75 Å². The van der Waals surface area contributed by atoms with Crippen molar-refractivity contribution in [3.05, 3.63) is 41.6 Å². The summed E-state index contributed by atoms with van der Waals surface area (Å²) in [6.07, 6.45) is 0. The van der Waals surface area contributed by atoms with Crippen LogP contribution in [0.3, 0.4) is 0 Å². The average Bonchev–Trinajstić information content (AvgIpc) is 2.76. The fourth-order valence-electron chi connectivity index (χ4n) is 1.22. The smallest absolute Gasteiger partial charge is 0.253 e. The third-order valence-electron chi connectivity index (χ3n) is 2.07. The Morgan fingerprint density at radius 3 is 2.78 bits per heavy atom. The largest absolute Gasteiger partial charge is 0.481 e. The molecule has 0 radical (unpaired) electrons. The van der Waals surface area contributed by atoms with E-state index in [0.29, 0.717) is 0 Å². The van der Waals surface area contributed by atoms with Crippen LogP contribution in [0.1, 0.15) is 24.1 Å². The summed E-state index contributed by atoms with van der Waals surface area (Å²) in [4.78, 5) is 0. The molecule has 0 bridgehead atoms. The Morgan fingerprint density at radius 2 is 2.17 bits per heavy atom. The number of hydrogen-bond acceptors (Lipinski definition) is 4. The maximum Gasteiger partial charge on any atom is 0.253 e. The van der Waals surface area contributed by atoms with Gasteiger partial charge in [0.05, 0.1) is 0 Å². The fraction of sp³-hybridized carbons (Fsp3) is 0.273. The molecule has 4 nitrogen and oxygen atoms in total. The van der Waals surface area contributed by atoms with Crippen LogP contribution in [0.2, 0.25) is 0 Å². The summed E-state index contributed by atoms with van der Waals surface area (Å²) in [5.74, 6) is -1.12. The van der Waals surface area contributed by atoms with Crippen molar-refractivity contribution in [1.29, 1.82) is 0 Å².